The quantitative estimate of drug-likeness (QED) is 0.445. The van der Waals surface area contributed by atoms with Crippen LogP contribution in [0.3, 0.4) is 0 Å². The number of benzene rings is 1. The van der Waals surface area contributed by atoms with Crippen molar-refractivity contribution in [3.63, 3.8) is 0 Å². The topological polar surface area (TPSA) is 107 Å². The van der Waals surface area contributed by atoms with Gasteiger partial charge in [-0.1, -0.05) is 12.1 Å². The number of fused-ring (bicyclic) bond motifs is 1. The van der Waals surface area contributed by atoms with Gasteiger partial charge in [-0.25, -0.2) is 4.98 Å². The number of amides is 1. The van der Waals surface area contributed by atoms with E-state index in [4.69, 9.17) is 4.74 Å². The Hall–Kier alpha value is -4.66. The normalized spacial score (nSPS) is 10.8. The van der Waals surface area contributed by atoms with Gasteiger partial charge in [0, 0.05) is 31.1 Å². The number of nitrogens with zero attached hydrogens (tertiary/aromatic N) is 6. The molecule has 4 aromatic heterocycles. The Morgan fingerprint density at radius 3 is 2.36 bits per heavy atom. The molecule has 0 aliphatic rings. The summed E-state index contributed by atoms with van der Waals surface area (Å²) in [6.07, 6.45) is 5.31. The number of aromatic nitrogens is 6. The zero-order chi connectivity index (χ0) is 22.8. The zero-order valence-corrected chi connectivity index (χ0v) is 17.9. The van der Waals surface area contributed by atoms with Crippen LogP contribution in [0.1, 0.15) is 6.92 Å². The number of nitrogens with one attached hydrogen (secondary N) is 1. The van der Waals surface area contributed by atoms with Gasteiger partial charge in [-0.2, -0.15) is 0 Å². The van der Waals surface area contributed by atoms with Gasteiger partial charge in [-0.05, 0) is 42.5 Å². The zero-order valence-electron chi connectivity index (χ0n) is 17.9. The first-order chi connectivity index (χ1) is 16.1. The maximum Gasteiger partial charge on any atom is 0.254 e. The van der Waals surface area contributed by atoms with Crippen LogP contribution in [0, 0.1) is 0 Å². The van der Waals surface area contributed by atoms with Crippen molar-refractivity contribution in [2.75, 3.05) is 12.4 Å². The molecular weight excluding hydrogens is 418 g/mol. The molecule has 0 spiro atoms. The van der Waals surface area contributed by atoms with Crippen LogP contribution in [0.4, 0.5) is 5.69 Å². The summed E-state index contributed by atoms with van der Waals surface area (Å²) in [4.78, 5) is 25.3. The fraction of sp³-hybridized carbons (Fsp3) is 0.0833. The van der Waals surface area contributed by atoms with Crippen LogP contribution in [-0.4, -0.2) is 42.6 Å². The minimum absolute atomic E-state index is 0.191. The molecule has 162 valence electrons. The van der Waals surface area contributed by atoms with Gasteiger partial charge in [0.2, 0.25) is 5.91 Å². The molecule has 0 bridgehead atoms. The Morgan fingerprint density at radius 1 is 0.939 bits per heavy atom. The Labute approximate surface area is 189 Å². The lowest BCUT2D eigenvalue weighted by Crippen LogP contribution is -2.07. The first-order valence-corrected chi connectivity index (χ1v) is 10.2. The Balaban J connectivity index is 1.71. The fourth-order valence-electron chi connectivity index (χ4n) is 3.58. The number of ether oxygens (including phenoxy) is 1. The predicted molar refractivity (Wildman–Crippen MR) is 124 cm³/mol. The highest BCUT2D eigenvalue weighted by atomic mass is 16.5. The predicted octanol–water partition coefficient (Wildman–Crippen LogP) is 3.88. The minimum Gasteiger partial charge on any atom is -0.495 e. The van der Waals surface area contributed by atoms with E-state index < -0.39 is 0 Å². The second-order valence-corrected chi connectivity index (χ2v) is 7.22. The molecule has 1 N–H and O–H groups in total. The van der Waals surface area contributed by atoms with E-state index in [1.54, 1.807) is 25.6 Å². The highest BCUT2D eigenvalue weighted by Gasteiger charge is 2.19. The smallest absolute Gasteiger partial charge is 0.254 e. The molecule has 33 heavy (non-hydrogen) atoms. The largest absolute Gasteiger partial charge is 0.495 e. The molecule has 5 aromatic rings. The maximum absolute atomic E-state index is 11.6. The standard InChI is InChI=1S/C24H19N7O2/c1-15(32)27-19-13-16(9-10-21(19)33-2)20-14-31-23(18-8-4-6-12-26-18)22(29-30-24(31)28-20)17-7-3-5-11-25-17/h3-14H,1-2H3,(H,27,32). The Morgan fingerprint density at radius 2 is 1.70 bits per heavy atom. The third-order valence-electron chi connectivity index (χ3n) is 5.01. The third-order valence-corrected chi connectivity index (χ3v) is 5.01. The van der Waals surface area contributed by atoms with Crippen LogP contribution in [0.2, 0.25) is 0 Å². The molecule has 5 rings (SSSR count). The van der Waals surface area contributed by atoms with Crippen LogP contribution in [0.15, 0.2) is 73.2 Å². The Bertz CT molecular complexity index is 1450. The van der Waals surface area contributed by atoms with Gasteiger partial charge in [-0.15, -0.1) is 10.2 Å². The van der Waals surface area contributed by atoms with E-state index in [1.807, 2.05) is 59.1 Å². The van der Waals surface area contributed by atoms with Gasteiger partial charge in [0.05, 0.1) is 29.9 Å². The van der Waals surface area contributed by atoms with Gasteiger partial charge in [-0.3, -0.25) is 19.2 Å². The molecule has 1 aromatic carbocycles. The van der Waals surface area contributed by atoms with Crippen molar-refractivity contribution in [3.8, 4) is 39.8 Å². The van der Waals surface area contributed by atoms with Crippen molar-refractivity contribution >= 4 is 17.4 Å². The minimum atomic E-state index is -0.191. The number of carbonyl (C=O) groups is 1. The number of hydrogen-bond donors (Lipinski definition) is 1. The average molecular weight is 437 g/mol. The summed E-state index contributed by atoms with van der Waals surface area (Å²) in [7, 11) is 1.55. The number of hydrogen-bond acceptors (Lipinski definition) is 7. The fourth-order valence-corrected chi connectivity index (χ4v) is 3.58. The van der Waals surface area contributed by atoms with E-state index in [0.29, 0.717) is 34.3 Å². The third kappa shape index (κ3) is 3.87. The van der Waals surface area contributed by atoms with Crippen LogP contribution in [0.5, 0.6) is 5.75 Å². The van der Waals surface area contributed by atoms with Crippen molar-refractivity contribution in [2.45, 2.75) is 6.92 Å². The first kappa shape index (κ1) is 20.3. The summed E-state index contributed by atoms with van der Waals surface area (Å²) in [5.74, 6) is 0.787. The van der Waals surface area contributed by atoms with Crippen LogP contribution >= 0.6 is 0 Å². The lowest BCUT2D eigenvalue weighted by atomic mass is 10.1. The number of imidazole rings is 1. The van der Waals surface area contributed by atoms with Crippen LogP contribution < -0.4 is 10.1 Å². The summed E-state index contributed by atoms with van der Waals surface area (Å²) in [6, 6.07) is 16.8. The highest BCUT2D eigenvalue weighted by molar-refractivity contribution is 5.91. The first-order valence-electron chi connectivity index (χ1n) is 10.2. The lowest BCUT2D eigenvalue weighted by molar-refractivity contribution is -0.114. The van der Waals surface area contributed by atoms with Crippen LogP contribution in [0.25, 0.3) is 39.8 Å². The molecule has 9 heteroatoms. The van der Waals surface area contributed by atoms with E-state index in [9.17, 15) is 4.79 Å². The summed E-state index contributed by atoms with van der Waals surface area (Å²) >= 11 is 0. The molecule has 0 aliphatic carbocycles. The van der Waals surface area contributed by atoms with E-state index in [1.165, 1.54) is 6.92 Å². The SMILES string of the molecule is COc1ccc(-c2cn3c(-c4ccccn4)c(-c4ccccn4)nnc3n2)cc1NC(C)=O. The van der Waals surface area contributed by atoms with Gasteiger partial charge >= 0.3 is 0 Å². The molecule has 0 saturated carbocycles. The molecule has 0 saturated heterocycles. The summed E-state index contributed by atoms with van der Waals surface area (Å²) in [5.41, 5.74) is 4.74. The van der Waals surface area contributed by atoms with Crippen molar-refractivity contribution in [2.24, 2.45) is 0 Å². The van der Waals surface area contributed by atoms with Crippen molar-refractivity contribution in [3.05, 3.63) is 73.2 Å². The van der Waals surface area contributed by atoms with E-state index in [-0.39, 0.29) is 5.91 Å². The van der Waals surface area contributed by atoms with Gasteiger partial charge in [0.1, 0.15) is 17.1 Å². The highest BCUT2D eigenvalue weighted by Crippen LogP contribution is 2.33. The monoisotopic (exact) mass is 437 g/mol. The second-order valence-electron chi connectivity index (χ2n) is 7.22. The number of carbonyl (C=O) groups excluding carboxylic acids is 1. The van der Waals surface area contributed by atoms with E-state index in [2.05, 4.69) is 30.5 Å². The molecule has 9 nitrogen and oxygen atoms in total. The Kier molecular flexibility index (Phi) is 5.19. The molecular formula is C24H19N7O2. The second kappa shape index (κ2) is 8.46. The molecule has 0 fully saturated rings. The van der Waals surface area contributed by atoms with Gasteiger partial charge in [0.25, 0.3) is 5.78 Å². The lowest BCUT2D eigenvalue weighted by Gasteiger charge is -2.10. The van der Waals surface area contributed by atoms with E-state index in [0.717, 1.165) is 17.0 Å². The van der Waals surface area contributed by atoms with Crippen molar-refractivity contribution < 1.29 is 9.53 Å². The average Bonchev–Trinajstić information content (AvgIpc) is 3.28. The maximum atomic E-state index is 11.6. The van der Waals surface area contributed by atoms with Crippen molar-refractivity contribution in [1.82, 2.24) is 29.5 Å². The molecule has 0 atom stereocenters. The molecule has 4 heterocycles. The molecule has 0 radical (unpaired) electrons. The van der Waals surface area contributed by atoms with E-state index >= 15 is 0 Å². The van der Waals surface area contributed by atoms with Crippen LogP contribution in [-0.2, 0) is 4.79 Å². The number of methoxy groups -OCH3 is 1. The number of pyridine rings is 2. The molecule has 1 amide bonds. The summed E-state index contributed by atoms with van der Waals surface area (Å²) in [5, 5.41) is 11.6. The summed E-state index contributed by atoms with van der Waals surface area (Å²) in [6.45, 7) is 1.45. The number of anilines is 1. The number of rotatable bonds is 5. The summed E-state index contributed by atoms with van der Waals surface area (Å²) < 4.78 is 7.22. The molecule has 0 aliphatic heterocycles. The van der Waals surface area contributed by atoms with Gasteiger partial charge in [0.15, 0.2) is 0 Å². The van der Waals surface area contributed by atoms with Gasteiger partial charge < -0.3 is 10.1 Å². The van der Waals surface area contributed by atoms with Crippen molar-refractivity contribution in [1.29, 1.82) is 0 Å². The molecule has 0 unspecified atom stereocenters.